The van der Waals surface area contributed by atoms with E-state index < -0.39 is 145 Å². The first-order valence-electron chi connectivity index (χ1n) is 23.2. The third kappa shape index (κ3) is 24.3. The van der Waals surface area contributed by atoms with Gasteiger partial charge >= 0.3 is 11.9 Å². The molecular weight excluding hydrogens is 949 g/mol. The molecule has 0 spiro atoms. The number of guanidine groups is 1. The summed E-state index contributed by atoms with van der Waals surface area (Å²) in [5.74, 6) is -12.2. The van der Waals surface area contributed by atoms with Gasteiger partial charge in [0.2, 0.25) is 53.2 Å². The number of nitrogens with one attached hydrogen (secondary N) is 8. The van der Waals surface area contributed by atoms with E-state index >= 15 is 0 Å². The van der Waals surface area contributed by atoms with E-state index in [1.807, 2.05) is 0 Å². The van der Waals surface area contributed by atoms with Crippen LogP contribution in [0.25, 0.3) is 0 Å². The summed E-state index contributed by atoms with van der Waals surface area (Å²) in [6.45, 7) is 5.49. The first-order chi connectivity index (χ1) is 33.8. The maximum Gasteiger partial charge on any atom is 0.325 e. The number of aliphatic imine (C=N–C) groups is 1. The minimum atomic E-state index is -1.68. The minimum Gasteiger partial charge on any atom is -0.508 e. The number of unbranched alkanes of at least 4 members (excludes halogenated alkanes) is 1. The van der Waals surface area contributed by atoms with Crippen LogP contribution in [0.2, 0.25) is 0 Å². The molecule has 28 nitrogen and oxygen atoms in total. The molecule has 0 aliphatic carbocycles. The molecule has 0 saturated carbocycles. The van der Waals surface area contributed by atoms with Crippen molar-refractivity contribution in [3.05, 3.63) is 29.8 Å². The fourth-order valence-corrected chi connectivity index (χ4v) is 6.52. The lowest BCUT2D eigenvalue weighted by atomic mass is 9.97. The number of carbonyl (C=O) groups is 11. The highest BCUT2D eigenvalue weighted by atomic mass is 16.4. The van der Waals surface area contributed by atoms with Crippen LogP contribution in [0.3, 0.4) is 0 Å². The lowest BCUT2D eigenvalue weighted by molar-refractivity contribution is -0.142. The third-order valence-corrected chi connectivity index (χ3v) is 10.9. The van der Waals surface area contributed by atoms with Crippen LogP contribution in [0.15, 0.2) is 29.3 Å². The average Bonchev–Trinajstić information content (AvgIpc) is 3.31. The Hall–Kier alpha value is -7.62. The molecule has 1 aromatic rings. The van der Waals surface area contributed by atoms with E-state index in [9.17, 15) is 68.1 Å². The van der Waals surface area contributed by atoms with Gasteiger partial charge in [0.15, 0.2) is 5.96 Å². The Balaban J connectivity index is 3.41. The molecule has 402 valence electrons. The minimum absolute atomic E-state index is 0.00974. The maximum atomic E-state index is 13.9. The van der Waals surface area contributed by atoms with Crippen molar-refractivity contribution < 1.29 is 68.1 Å². The number of primary amides is 1. The van der Waals surface area contributed by atoms with Crippen molar-refractivity contribution in [1.29, 1.82) is 0 Å². The fraction of sp³-hybridized carbons (Fsp3) is 0.591. The maximum absolute atomic E-state index is 13.9. The number of hydrogen-bond acceptors (Lipinski definition) is 15. The molecule has 72 heavy (non-hydrogen) atoms. The van der Waals surface area contributed by atoms with Crippen molar-refractivity contribution in [2.24, 2.45) is 39.6 Å². The number of nitrogens with two attached hydrogens (primary N) is 5. The number of phenols is 1. The number of amides is 9. The van der Waals surface area contributed by atoms with Crippen LogP contribution >= 0.6 is 0 Å². The van der Waals surface area contributed by atoms with Gasteiger partial charge in [-0.25, -0.2) is 0 Å². The molecule has 0 aromatic heterocycles. The number of rotatable bonds is 34. The summed E-state index contributed by atoms with van der Waals surface area (Å²) in [4.78, 5) is 146. The van der Waals surface area contributed by atoms with E-state index in [1.165, 1.54) is 38.1 Å². The van der Waals surface area contributed by atoms with E-state index in [1.54, 1.807) is 13.8 Å². The van der Waals surface area contributed by atoms with Crippen LogP contribution in [0.4, 0.5) is 0 Å². The number of aromatic hydroxyl groups is 1. The Morgan fingerprint density at radius 1 is 0.625 bits per heavy atom. The van der Waals surface area contributed by atoms with Gasteiger partial charge in [-0.2, -0.15) is 0 Å². The standard InChI is InChI=1S/C44H72N14O14/c1-5-22(2)35(42(70)53-24(4)43(71)72)58-39(67)28(10-8-18-50-44(48)49)56-38(66)29(15-16-34(62)63)55-36(64)23(3)52-40(68)30(19-25-11-13-26(59)14-12-25)57-41(69)31(20-32(47)60)54-33(61)21-51-37(65)27(46)9-6-7-17-45/h11-14,22-24,27-31,35,59H,5-10,15-21,45-46H2,1-4H3,(H2,47,60)(H,51,65)(H,52,68)(H,53,70)(H,54,61)(H,55,64)(H,56,66)(H,57,69)(H,58,67)(H,62,63)(H,71,72)(H4,48,49,50)/t22-,23-,24-,27-,28-,29-,30-,31-,35-/m0/s1. The molecule has 0 heterocycles. The summed E-state index contributed by atoms with van der Waals surface area (Å²) < 4.78 is 0. The van der Waals surface area contributed by atoms with E-state index in [2.05, 4.69) is 47.5 Å². The summed E-state index contributed by atoms with van der Waals surface area (Å²) in [6, 6.07) is -5.99. The first-order valence-corrected chi connectivity index (χ1v) is 23.2. The summed E-state index contributed by atoms with van der Waals surface area (Å²) in [6.07, 6.45) is -0.495. The number of nitrogens with zero attached hydrogens (tertiary/aromatic N) is 1. The second-order valence-electron chi connectivity index (χ2n) is 17.0. The lowest BCUT2D eigenvalue weighted by Gasteiger charge is -2.28. The summed E-state index contributed by atoms with van der Waals surface area (Å²) in [5, 5.41) is 47.8. The van der Waals surface area contributed by atoms with E-state index in [-0.39, 0.29) is 43.9 Å². The fourth-order valence-electron chi connectivity index (χ4n) is 6.52. The number of carboxylic acid groups (broad SMARTS) is 2. The van der Waals surface area contributed by atoms with Crippen LogP contribution in [0.1, 0.15) is 91.0 Å². The Morgan fingerprint density at radius 2 is 1.18 bits per heavy atom. The SMILES string of the molecule is CC[C@H](C)[C@H](NC(=O)[C@H](CCCN=C(N)N)NC(=O)[C@H](CCC(=O)O)NC(=O)[C@H](C)NC(=O)[C@H](Cc1ccc(O)cc1)NC(=O)[C@H](CC(N)=O)NC(=O)CNC(=O)[C@@H](N)CCCCN)C(=O)N[C@@H](C)C(=O)O. The van der Waals surface area contributed by atoms with Crippen molar-refractivity contribution in [2.75, 3.05) is 19.6 Å². The zero-order chi connectivity index (χ0) is 54.7. The van der Waals surface area contributed by atoms with Gasteiger partial charge in [0, 0.05) is 19.4 Å². The molecule has 1 aromatic carbocycles. The lowest BCUT2D eigenvalue weighted by Crippen LogP contribution is -2.60. The first kappa shape index (κ1) is 62.4. The normalized spacial score (nSPS) is 14.6. The predicted molar refractivity (Wildman–Crippen MR) is 258 cm³/mol. The number of hydrogen-bond donors (Lipinski definition) is 16. The van der Waals surface area contributed by atoms with Gasteiger partial charge in [-0.05, 0) is 76.1 Å². The molecular formula is C44H72N14O14. The number of phenolic OH excluding ortho intramolecular Hbond substituents is 1. The Kier molecular flexibility index (Phi) is 28.0. The van der Waals surface area contributed by atoms with Crippen LogP contribution < -0.4 is 71.2 Å². The molecule has 0 radical (unpaired) electrons. The van der Waals surface area contributed by atoms with E-state index in [0.29, 0.717) is 31.4 Å². The van der Waals surface area contributed by atoms with Crippen molar-refractivity contribution in [2.45, 2.75) is 140 Å². The predicted octanol–water partition coefficient (Wildman–Crippen LogP) is -5.13. The Labute approximate surface area is 415 Å². The van der Waals surface area contributed by atoms with Gasteiger partial charge in [-0.1, -0.05) is 38.8 Å². The number of aliphatic carboxylic acids is 2. The van der Waals surface area contributed by atoms with E-state index in [0.717, 1.165) is 0 Å². The van der Waals surface area contributed by atoms with Crippen molar-refractivity contribution >= 4 is 71.1 Å². The Bertz CT molecular complexity index is 2070. The number of benzene rings is 1. The Morgan fingerprint density at radius 3 is 1.75 bits per heavy atom. The molecule has 0 aliphatic heterocycles. The smallest absolute Gasteiger partial charge is 0.325 e. The summed E-state index contributed by atoms with van der Waals surface area (Å²) >= 11 is 0. The van der Waals surface area contributed by atoms with Gasteiger partial charge in [0.1, 0.15) is 48.0 Å². The molecule has 0 unspecified atom stereocenters. The molecule has 9 amide bonds. The highest BCUT2D eigenvalue weighted by molar-refractivity contribution is 5.98. The zero-order valence-electron chi connectivity index (χ0n) is 40.9. The molecule has 0 fully saturated rings. The highest BCUT2D eigenvalue weighted by Crippen LogP contribution is 2.13. The van der Waals surface area contributed by atoms with Gasteiger partial charge < -0.3 is 86.5 Å². The third-order valence-electron chi connectivity index (χ3n) is 10.9. The number of carbonyl (C=O) groups excluding carboxylic acids is 9. The highest BCUT2D eigenvalue weighted by Gasteiger charge is 2.35. The van der Waals surface area contributed by atoms with Gasteiger partial charge in [0.05, 0.1) is 19.0 Å². The molecule has 9 atom stereocenters. The number of carboxylic acids is 2. The van der Waals surface area contributed by atoms with Crippen molar-refractivity contribution in [3.63, 3.8) is 0 Å². The van der Waals surface area contributed by atoms with Gasteiger partial charge in [-0.15, -0.1) is 0 Å². The van der Waals surface area contributed by atoms with Crippen LogP contribution in [0.5, 0.6) is 5.75 Å². The molecule has 28 heteroatoms. The monoisotopic (exact) mass is 1020 g/mol. The second kappa shape index (κ2) is 32.3. The molecule has 0 saturated heterocycles. The van der Waals surface area contributed by atoms with Crippen LogP contribution in [-0.2, 0) is 59.2 Å². The summed E-state index contributed by atoms with van der Waals surface area (Å²) in [7, 11) is 0. The largest absolute Gasteiger partial charge is 0.508 e. The topological polar surface area (TPSA) is 487 Å². The van der Waals surface area contributed by atoms with Crippen molar-refractivity contribution in [3.8, 4) is 5.75 Å². The van der Waals surface area contributed by atoms with E-state index in [4.69, 9.17) is 28.7 Å². The second-order valence-corrected chi connectivity index (χ2v) is 17.0. The summed E-state index contributed by atoms with van der Waals surface area (Å²) in [5.41, 5.74) is 27.9. The van der Waals surface area contributed by atoms with Crippen LogP contribution in [-0.4, -0.2) is 154 Å². The molecule has 1 rings (SSSR count). The molecule has 21 N–H and O–H groups in total. The molecule has 0 aliphatic rings. The molecule has 0 bridgehead atoms. The zero-order valence-corrected chi connectivity index (χ0v) is 40.9. The van der Waals surface area contributed by atoms with Crippen LogP contribution in [0, 0.1) is 5.92 Å². The van der Waals surface area contributed by atoms with Crippen molar-refractivity contribution in [1.82, 2.24) is 42.5 Å². The van der Waals surface area contributed by atoms with Gasteiger partial charge in [0.25, 0.3) is 0 Å². The average molecular weight is 1020 g/mol. The quantitative estimate of drug-likeness (QED) is 0.0174. The van der Waals surface area contributed by atoms with Gasteiger partial charge in [-0.3, -0.25) is 57.7 Å².